The molecule has 1 unspecified atom stereocenters. The van der Waals surface area contributed by atoms with Crippen LogP contribution in [0.25, 0.3) is 11.0 Å². The summed E-state index contributed by atoms with van der Waals surface area (Å²) in [6.07, 6.45) is 1.29. The number of hydrogen-bond acceptors (Lipinski definition) is 3. The first-order valence-corrected chi connectivity index (χ1v) is 6.50. The molecule has 0 radical (unpaired) electrons. The topological polar surface area (TPSA) is 42.6 Å². The maximum absolute atomic E-state index is 10.4. The molecule has 1 atom stereocenters. The van der Waals surface area contributed by atoms with E-state index in [2.05, 4.69) is 0 Å². The standard InChI is InChI=1S/C15H18O3/c1-10-3-2-4-12-9-13(18-15(10)12)14(16)11-5-7-17-8-6-11/h2-4,9,11,14,16H,5-8H2,1H3. The first-order valence-electron chi connectivity index (χ1n) is 6.50. The van der Waals surface area contributed by atoms with Crippen LogP contribution in [0.15, 0.2) is 28.7 Å². The Labute approximate surface area is 106 Å². The SMILES string of the molecule is Cc1cccc2cc(C(O)C3CCOCC3)oc12. The van der Waals surface area contributed by atoms with Crippen LogP contribution in [0.3, 0.4) is 0 Å². The van der Waals surface area contributed by atoms with Crippen molar-refractivity contribution in [2.45, 2.75) is 25.9 Å². The van der Waals surface area contributed by atoms with Crippen molar-refractivity contribution in [1.29, 1.82) is 0 Å². The molecule has 0 bridgehead atoms. The number of rotatable bonds is 2. The summed E-state index contributed by atoms with van der Waals surface area (Å²) >= 11 is 0. The van der Waals surface area contributed by atoms with Crippen LogP contribution in [0.1, 0.15) is 30.3 Å². The van der Waals surface area contributed by atoms with Crippen molar-refractivity contribution in [2.75, 3.05) is 13.2 Å². The number of aliphatic hydroxyl groups excluding tert-OH is 1. The summed E-state index contributed by atoms with van der Waals surface area (Å²) in [5.74, 6) is 0.936. The normalized spacial score (nSPS) is 19.2. The number of ether oxygens (including phenoxy) is 1. The second-order valence-corrected chi connectivity index (χ2v) is 5.04. The third-order valence-corrected chi connectivity index (χ3v) is 3.76. The van der Waals surface area contributed by atoms with Gasteiger partial charge in [0.05, 0.1) is 0 Å². The Morgan fingerprint density at radius 2 is 2.06 bits per heavy atom. The molecule has 0 saturated carbocycles. The van der Waals surface area contributed by atoms with Crippen LogP contribution < -0.4 is 0 Å². The third-order valence-electron chi connectivity index (χ3n) is 3.76. The van der Waals surface area contributed by atoms with Crippen molar-refractivity contribution in [2.24, 2.45) is 5.92 Å². The highest BCUT2D eigenvalue weighted by Gasteiger charge is 2.26. The van der Waals surface area contributed by atoms with Crippen molar-refractivity contribution in [1.82, 2.24) is 0 Å². The molecule has 0 spiro atoms. The van der Waals surface area contributed by atoms with E-state index in [9.17, 15) is 5.11 Å². The Kier molecular flexibility index (Phi) is 3.10. The zero-order valence-corrected chi connectivity index (χ0v) is 10.6. The molecular formula is C15H18O3. The molecule has 1 aromatic heterocycles. The molecule has 3 nitrogen and oxygen atoms in total. The number of benzene rings is 1. The summed E-state index contributed by atoms with van der Waals surface area (Å²) in [5.41, 5.74) is 2.00. The van der Waals surface area contributed by atoms with Crippen LogP contribution in [0.4, 0.5) is 0 Å². The lowest BCUT2D eigenvalue weighted by Gasteiger charge is -2.25. The Morgan fingerprint density at radius 1 is 1.28 bits per heavy atom. The molecule has 0 aliphatic carbocycles. The lowest BCUT2D eigenvalue weighted by molar-refractivity contribution is -0.000495. The van der Waals surface area contributed by atoms with Crippen LogP contribution in [0.2, 0.25) is 0 Å². The van der Waals surface area contributed by atoms with Crippen molar-refractivity contribution in [3.8, 4) is 0 Å². The van der Waals surface area contributed by atoms with Gasteiger partial charge in [-0.2, -0.15) is 0 Å². The minimum absolute atomic E-state index is 0.250. The minimum atomic E-state index is -0.513. The zero-order chi connectivity index (χ0) is 12.5. The molecule has 1 fully saturated rings. The fourth-order valence-electron chi connectivity index (χ4n) is 2.64. The van der Waals surface area contributed by atoms with Crippen LogP contribution in [-0.2, 0) is 4.74 Å². The quantitative estimate of drug-likeness (QED) is 0.884. The minimum Gasteiger partial charge on any atom is -0.458 e. The van der Waals surface area contributed by atoms with Gasteiger partial charge < -0.3 is 14.3 Å². The first kappa shape index (κ1) is 11.8. The molecule has 2 aromatic rings. The maximum atomic E-state index is 10.4. The molecule has 1 N–H and O–H groups in total. The second kappa shape index (κ2) is 4.75. The van der Waals surface area contributed by atoms with Gasteiger partial charge in [0.15, 0.2) is 0 Å². The van der Waals surface area contributed by atoms with Gasteiger partial charge in [-0.1, -0.05) is 18.2 Å². The molecule has 96 valence electrons. The van der Waals surface area contributed by atoms with E-state index in [1.165, 1.54) is 0 Å². The van der Waals surface area contributed by atoms with Crippen molar-refractivity contribution in [3.63, 3.8) is 0 Å². The van der Waals surface area contributed by atoms with Crippen molar-refractivity contribution in [3.05, 3.63) is 35.6 Å². The Morgan fingerprint density at radius 3 is 2.78 bits per heavy atom. The summed E-state index contributed by atoms with van der Waals surface area (Å²) in [7, 11) is 0. The third kappa shape index (κ3) is 2.04. The highest BCUT2D eigenvalue weighted by molar-refractivity contribution is 5.80. The first-order chi connectivity index (χ1) is 8.75. The number of para-hydroxylation sites is 1. The van der Waals surface area contributed by atoms with E-state index >= 15 is 0 Å². The van der Waals surface area contributed by atoms with E-state index in [1.807, 2.05) is 31.2 Å². The fourth-order valence-corrected chi connectivity index (χ4v) is 2.64. The van der Waals surface area contributed by atoms with E-state index in [0.717, 1.165) is 42.6 Å². The second-order valence-electron chi connectivity index (χ2n) is 5.04. The van der Waals surface area contributed by atoms with Gasteiger partial charge in [0, 0.05) is 18.6 Å². The van der Waals surface area contributed by atoms with Crippen molar-refractivity contribution < 1.29 is 14.3 Å². The number of aliphatic hydroxyl groups is 1. The van der Waals surface area contributed by atoms with Gasteiger partial charge in [-0.05, 0) is 37.3 Å². The summed E-state index contributed by atoms with van der Waals surface area (Å²) in [6, 6.07) is 8.02. The molecule has 1 aromatic carbocycles. The number of aryl methyl sites for hydroxylation is 1. The van der Waals surface area contributed by atoms with E-state index in [1.54, 1.807) is 0 Å². The maximum Gasteiger partial charge on any atom is 0.137 e. The van der Waals surface area contributed by atoms with E-state index < -0.39 is 6.10 Å². The molecule has 3 heteroatoms. The lowest BCUT2D eigenvalue weighted by atomic mass is 9.92. The van der Waals surface area contributed by atoms with Gasteiger partial charge in [0.1, 0.15) is 17.4 Å². The smallest absolute Gasteiger partial charge is 0.137 e. The van der Waals surface area contributed by atoms with Crippen LogP contribution in [0.5, 0.6) is 0 Å². The highest BCUT2D eigenvalue weighted by Crippen LogP contribution is 2.33. The lowest BCUT2D eigenvalue weighted by Crippen LogP contribution is -2.21. The van der Waals surface area contributed by atoms with Gasteiger partial charge in [-0.15, -0.1) is 0 Å². The molecule has 1 saturated heterocycles. The predicted molar refractivity (Wildman–Crippen MR) is 69.5 cm³/mol. The Bertz CT molecular complexity index is 538. The monoisotopic (exact) mass is 246 g/mol. The molecule has 2 heterocycles. The molecule has 1 aliphatic heterocycles. The summed E-state index contributed by atoms with van der Waals surface area (Å²) < 4.78 is 11.1. The highest BCUT2D eigenvalue weighted by atomic mass is 16.5. The van der Waals surface area contributed by atoms with Crippen LogP contribution >= 0.6 is 0 Å². The van der Waals surface area contributed by atoms with Gasteiger partial charge in [0.2, 0.25) is 0 Å². The molecule has 0 amide bonds. The van der Waals surface area contributed by atoms with Gasteiger partial charge in [0.25, 0.3) is 0 Å². The molecular weight excluding hydrogens is 228 g/mol. The van der Waals surface area contributed by atoms with Crippen molar-refractivity contribution >= 4 is 11.0 Å². The average molecular weight is 246 g/mol. The average Bonchev–Trinajstić information content (AvgIpc) is 2.84. The van der Waals surface area contributed by atoms with E-state index in [4.69, 9.17) is 9.15 Å². The molecule has 18 heavy (non-hydrogen) atoms. The predicted octanol–water partition coefficient (Wildman–Crippen LogP) is 3.20. The van der Waals surface area contributed by atoms with Gasteiger partial charge in [-0.3, -0.25) is 0 Å². The summed E-state index contributed by atoms with van der Waals surface area (Å²) in [5, 5.41) is 11.5. The summed E-state index contributed by atoms with van der Waals surface area (Å²) in [4.78, 5) is 0. The van der Waals surface area contributed by atoms with Gasteiger partial charge in [-0.25, -0.2) is 0 Å². The van der Waals surface area contributed by atoms with E-state index in [0.29, 0.717) is 5.76 Å². The molecule has 3 rings (SSSR count). The Balaban J connectivity index is 1.91. The number of hydrogen-bond donors (Lipinski definition) is 1. The Hall–Kier alpha value is -1.32. The number of furan rings is 1. The summed E-state index contributed by atoms with van der Waals surface area (Å²) in [6.45, 7) is 3.50. The van der Waals surface area contributed by atoms with Crippen LogP contribution in [0, 0.1) is 12.8 Å². The largest absolute Gasteiger partial charge is 0.458 e. The zero-order valence-electron chi connectivity index (χ0n) is 10.6. The molecule has 1 aliphatic rings. The number of fused-ring (bicyclic) bond motifs is 1. The van der Waals surface area contributed by atoms with Gasteiger partial charge >= 0.3 is 0 Å². The van der Waals surface area contributed by atoms with E-state index in [-0.39, 0.29) is 5.92 Å². The van der Waals surface area contributed by atoms with Crippen LogP contribution in [-0.4, -0.2) is 18.3 Å². The fraction of sp³-hybridized carbons (Fsp3) is 0.467.